The molecule has 0 aliphatic rings. The van der Waals surface area contributed by atoms with Crippen LogP contribution < -0.4 is 14.8 Å². The van der Waals surface area contributed by atoms with Crippen molar-refractivity contribution in [2.75, 3.05) is 22.9 Å². The zero-order valence-corrected chi connectivity index (χ0v) is 20.2. The van der Waals surface area contributed by atoms with E-state index in [1.165, 1.54) is 23.9 Å². The van der Waals surface area contributed by atoms with E-state index in [1.807, 2.05) is 60.7 Å². The molecule has 34 heavy (non-hydrogen) atoms. The molecule has 4 aromatic rings. The number of carbonyl (C=O) groups excluding carboxylic acids is 1. The molecule has 0 atom stereocenters. The summed E-state index contributed by atoms with van der Waals surface area (Å²) in [6, 6.07) is 26.9. The Kier molecular flexibility index (Phi) is 7.40. The fourth-order valence-electron chi connectivity index (χ4n) is 3.42. The minimum Gasteiger partial charge on any atom is -0.497 e. The number of benzene rings is 4. The molecule has 0 heterocycles. The van der Waals surface area contributed by atoms with Crippen molar-refractivity contribution >= 4 is 49.8 Å². The lowest BCUT2D eigenvalue weighted by Crippen LogP contribution is -2.15. The molecular formula is C26H24N2O4S2. The molecule has 0 aliphatic heterocycles. The van der Waals surface area contributed by atoms with Crippen LogP contribution >= 0.6 is 11.8 Å². The highest BCUT2D eigenvalue weighted by atomic mass is 32.2. The second kappa shape index (κ2) is 10.6. The number of ether oxygens (including phenoxy) is 1. The first-order valence-electron chi connectivity index (χ1n) is 10.6. The Labute approximate surface area is 203 Å². The maximum atomic E-state index is 12.9. The van der Waals surface area contributed by atoms with Crippen LogP contribution in [0.3, 0.4) is 0 Å². The molecule has 0 radical (unpaired) electrons. The molecule has 8 heteroatoms. The van der Waals surface area contributed by atoms with Gasteiger partial charge in [-0.3, -0.25) is 9.52 Å². The third kappa shape index (κ3) is 5.89. The van der Waals surface area contributed by atoms with Gasteiger partial charge < -0.3 is 10.1 Å². The van der Waals surface area contributed by atoms with Crippen LogP contribution in [0.4, 0.5) is 11.4 Å². The molecule has 174 valence electrons. The van der Waals surface area contributed by atoms with Crippen molar-refractivity contribution in [1.29, 1.82) is 0 Å². The highest BCUT2D eigenvalue weighted by molar-refractivity contribution is 7.99. The van der Waals surface area contributed by atoms with Gasteiger partial charge in [-0.05, 0) is 53.4 Å². The Morgan fingerprint density at radius 1 is 0.882 bits per heavy atom. The van der Waals surface area contributed by atoms with Gasteiger partial charge in [0.2, 0.25) is 5.91 Å². The highest BCUT2D eigenvalue weighted by Gasteiger charge is 2.16. The van der Waals surface area contributed by atoms with Crippen LogP contribution in [-0.4, -0.2) is 27.2 Å². The normalized spacial score (nSPS) is 11.2. The summed E-state index contributed by atoms with van der Waals surface area (Å²) < 4.78 is 33.6. The van der Waals surface area contributed by atoms with E-state index < -0.39 is 10.0 Å². The smallest absolute Gasteiger partial charge is 0.261 e. The lowest BCUT2D eigenvalue weighted by Gasteiger charge is -2.11. The van der Waals surface area contributed by atoms with Crippen LogP contribution in [0.5, 0.6) is 5.75 Å². The van der Waals surface area contributed by atoms with Crippen molar-refractivity contribution in [3.8, 4) is 5.75 Å². The second-order valence-electron chi connectivity index (χ2n) is 7.55. The lowest BCUT2D eigenvalue weighted by molar-refractivity contribution is -0.113. The van der Waals surface area contributed by atoms with Crippen LogP contribution in [0.15, 0.2) is 95.9 Å². The van der Waals surface area contributed by atoms with E-state index >= 15 is 0 Å². The summed E-state index contributed by atoms with van der Waals surface area (Å²) >= 11 is 1.50. The molecule has 0 unspecified atom stereocenters. The largest absolute Gasteiger partial charge is 0.497 e. The number of thioether (sulfide) groups is 1. The maximum Gasteiger partial charge on any atom is 0.261 e. The van der Waals surface area contributed by atoms with Gasteiger partial charge in [0.25, 0.3) is 10.0 Å². The Bertz CT molecular complexity index is 1380. The zero-order valence-electron chi connectivity index (χ0n) is 18.5. The van der Waals surface area contributed by atoms with Crippen LogP contribution in [0.1, 0.15) is 5.56 Å². The molecule has 0 bridgehead atoms. The summed E-state index contributed by atoms with van der Waals surface area (Å²) in [7, 11) is -2.15. The number of sulfonamides is 1. The number of carbonyl (C=O) groups is 1. The van der Waals surface area contributed by atoms with E-state index in [-0.39, 0.29) is 16.6 Å². The van der Waals surface area contributed by atoms with Crippen molar-refractivity contribution in [2.45, 2.75) is 10.6 Å². The van der Waals surface area contributed by atoms with Crippen molar-refractivity contribution in [2.24, 2.45) is 0 Å². The highest BCUT2D eigenvalue weighted by Crippen LogP contribution is 2.26. The van der Waals surface area contributed by atoms with Gasteiger partial charge in [0, 0.05) is 16.8 Å². The molecule has 0 saturated heterocycles. The fraction of sp³-hybridized carbons (Fsp3) is 0.115. The minimum atomic E-state index is -3.78. The second-order valence-corrected chi connectivity index (χ2v) is 10.2. The van der Waals surface area contributed by atoms with Crippen molar-refractivity contribution in [3.05, 3.63) is 96.6 Å². The number of fused-ring (bicyclic) bond motifs is 1. The van der Waals surface area contributed by atoms with Gasteiger partial charge in [0.05, 0.1) is 23.4 Å². The fourth-order valence-corrected chi connectivity index (χ4v) is 5.28. The van der Waals surface area contributed by atoms with E-state index in [2.05, 4.69) is 10.0 Å². The number of hydrogen-bond acceptors (Lipinski definition) is 5. The summed E-state index contributed by atoms with van der Waals surface area (Å²) in [5, 5.41) is 4.58. The maximum absolute atomic E-state index is 12.9. The van der Waals surface area contributed by atoms with Gasteiger partial charge >= 0.3 is 0 Å². The number of rotatable bonds is 9. The number of nitrogens with one attached hydrogen (secondary N) is 2. The van der Waals surface area contributed by atoms with E-state index in [1.54, 1.807) is 25.3 Å². The van der Waals surface area contributed by atoms with Gasteiger partial charge in [-0.25, -0.2) is 8.42 Å². The summed E-state index contributed by atoms with van der Waals surface area (Å²) in [6.45, 7) is 0. The predicted molar refractivity (Wildman–Crippen MR) is 139 cm³/mol. The van der Waals surface area contributed by atoms with E-state index in [0.717, 1.165) is 22.1 Å². The van der Waals surface area contributed by atoms with E-state index in [0.29, 0.717) is 17.1 Å². The van der Waals surface area contributed by atoms with Crippen molar-refractivity contribution < 1.29 is 17.9 Å². The molecule has 2 N–H and O–H groups in total. The van der Waals surface area contributed by atoms with Crippen molar-refractivity contribution in [3.63, 3.8) is 0 Å². The summed E-state index contributed by atoms with van der Waals surface area (Å²) in [4.78, 5) is 12.4. The van der Waals surface area contributed by atoms with Gasteiger partial charge in [-0.2, -0.15) is 0 Å². The SMILES string of the molecule is COc1ccc(CSCC(=O)Nc2ccc(S(=O)(=O)Nc3cccc4ccccc34)cc2)cc1. The first-order valence-corrected chi connectivity index (χ1v) is 13.2. The predicted octanol–water partition coefficient (Wildman–Crippen LogP) is 5.52. The third-order valence-electron chi connectivity index (χ3n) is 5.14. The lowest BCUT2D eigenvalue weighted by atomic mass is 10.1. The Morgan fingerprint density at radius 2 is 1.59 bits per heavy atom. The van der Waals surface area contributed by atoms with Crippen molar-refractivity contribution in [1.82, 2.24) is 0 Å². The molecule has 0 spiro atoms. The molecule has 0 aromatic heterocycles. The van der Waals surface area contributed by atoms with Gasteiger partial charge in [-0.15, -0.1) is 11.8 Å². The first kappa shape index (κ1) is 23.7. The average Bonchev–Trinajstić information content (AvgIpc) is 2.85. The van der Waals surface area contributed by atoms with Gasteiger partial charge in [0.15, 0.2) is 0 Å². The molecule has 4 rings (SSSR count). The van der Waals surface area contributed by atoms with Gasteiger partial charge in [-0.1, -0.05) is 48.5 Å². The summed E-state index contributed by atoms with van der Waals surface area (Å²) in [5.74, 6) is 1.63. The quantitative estimate of drug-likeness (QED) is 0.321. The Morgan fingerprint density at radius 3 is 2.32 bits per heavy atom. The molecule has 1 amide bonds. The number of anilines is 2. The summed E-state index contributed by atoms with van der Waals surface area (Å²) in [6.07, 6.45) is 0. The molecule has 4 aromatic carbocycles. The molecule has 0 fully saturated rings. The van der Waals surface area contributed by atoms with E-state index in [4.69, 9.17) is 4.74 Å². The zero-order chi connectivity index (χ0) is 24.0. The van der Waals surface area contributed by atoms with Gasteiger partial charge in [0.1, 0.15) is 5.75 Å². The monoisotopic (exact) mass is 492 g/mol. The number of hydrogen-bond donors (Lipinski definition) is 2. The molecule has 6 nitrogen and oxygen atoms in total. The van der Waals surface area contributed by atoms with Crippen LogP contribution in [-0.2, 0) is 20.6 Å². The third-order valence-corrected chi connectivity index (χ3v) is 7.53. The molecule has 0 aliphatic carbocycles. The number of methoxy groups -OCH3 is 1. The van der Waals surface area contributed by atoms with Crippen LogP contribution in [0.2, 0.25) is 0 Å². The first-order chi connectivity index (χ1) is 16.4. The Hall–Kier alpha value is -3.49. The minimum absolute atomic E-state index is 0.118. The average molecular weight is 493 g/mol. The summed E-state index contributed by atoms with van der Waals surface area (Å²) in [5.41, 5.74) is 2.16. The Balaban J connectivity index is 1.34. The van der Waals surface area contributed by atoms with E-state index in [9.17, 15) is 13.2 Å². The van der Waals surface area contributed by atoms with Crippen LogP contribution in [0, 0.1) is 0 Å². The number of amides is 1. The molecular weight excluding hydrogens is 468 g/mol. The topological polar surface area (TPSA) is 84.5 Å². The van der Waals surface area contributed by atoms with Crippen LogP contribution in [0.25, 0.3) is 10.8 Å². The standard InChI is InChI=1S/C26H24N2O4S2/c1-32-22-13-9-19(10-14-22)17-33-18-26(29)27-21-11-15-23(16-12-21)34(30,31)28-25-8-4-6-20-5-2-3-7-24(20)25/h2-16,28H,17-18H2,1H3,(H,27,29). The molecule has 0 saturated carbocycles.